The minimum atomic E-state index is -0.581. The van der Waals surface area contributed by atoms with Crippen molar-refractivity contribution in [3.05, 3.63) is 29.8 Å². The first-order valence-corrected chi connectivity index (χ1v) is 9.33. The summed E-state index contributed by atoms with van der Waals surface area (Å²) >= 11 is 0. The van der Waals surface area contributed by atoms with Crippen LogP contribution in [0.4, 0.5) is 14.5 Å². The van der Waals surface area contributed by atoms with E-state index in [1.165, 1.54) is 12.1 Å². The van der Waals surface area contributed by atoms with Crippen LogP contribution in [0.1, 0.15) is 33.6 Å². The van der Waals surface area contributed by atoms with Crippen molar-refractivity contribution in [2.45, 2.75) is 45.8 Å². The lowest BCUT2D eigenvalue weighted by atomic mass is 10.2. The predicted octanol–water partition coefficient (Wildman–Crippen LogP) is 3.06. The molecule has 1 aliphatic rings. The molecule has 1 fully saturated rings. The molecule has 1 atom stereocenters. The smallest absolute Gasteiger partial charge is 0.307 e. The molecule has 1 unspecified atom stereocenters. The minimum absolute atomic E-state index is 0. The van der Waals surface area contributed by atoms with Crippen LogP contribution in [0.2, 0.25) is 0 Å². The molecule has 1 aliphatic heterocycles. The maximum absolute atomic E-state index is 14.0. The number of ether oxygens (including phenoxy) is 1. The molecule has 28 heavy (non-hydrogen) atoms. The number of aliphatic imine (C=N–C) groups is 1. The predicted molar refractivity (Wildman–Crippen MR) is 117 cm³/mol. The number of benzene rings is 1. The normalized spacial score (nSPS) is 16.7. The average molecular weight is 510 g/mol. The lowest BCUT2D eigenvalue weighted by Crippen LogP contribution is -2.44. The maximum atomic E-state index is 14.0. The zero-order chi connectivity index (χ0) is 19.8. The quantitative estimate of drug-likeness (QED) is 0.256. The van der Waals surface area contributed by atoms with Crippen LogP contribution in [-0.2, 0) is 9.53 Å². The summed E-state index contributed by atoms with van der Waals surface area (Å²) < 4.78 is 32.1. The molecule has 0 spiro atoms. The molecule has 0 radical (unpaired) electrons. The Labute approximate surface area is 182 Å². The van der Waals surface area contributed by atoms with E-state index in [2.05, 4.69) is 15.6 Å². The molecular weight excluding hydrogens is 481 g/mol. The molecule has 0 saturated carbocycles. The zero-order valence-corrected chi connectivity index (χ0v) is 18.8. The number of hydrogen-bond acceptors (Lipinski definition) is 4. The fraction of sp³-hybridized carbons (Fsp3) is 0.579. The third-order valence-corrected chi connectivity index (χ3v) is 4.08. The first-order valence-electron chi connectivity index (χ1n) is 9.33. The standard InChI is InChI=1S/C19H28F2N4O2.HI/c1-4-22-19(23-9-7-18(26)27-13(2)3)24-15-8-10-25(12-15)17-6-5-14(20)11-16(17)21;/h5-6,11,13,15H,4,7-10,12H2,1-3H3,(H2,22,23,24);1H. The molecule has 0 aliphatic carbocycles. The van der Waals surface area contributed by atoms with Gasteiger partial charge < -0.3 is 20.3 Å². The van der Waals surface area contributed by atoms with Crippen LogP contribution in [0.25, 0.3) is 0 Å². The topological polar surface area (TPSA) is 66.0 Å². The summed E-state index contributed by atoms with van der Waals surface area (Å²) in [6, 6.07) is 3.71. The summed E-state index contributed by atoms with van der Waals surface area (Å²) in [5.74, 6) is -0.799. The van der Waals surface area contributed by atoms with Crippen molar-refractivity contribution in [2.24, 2.45) is 4.99 Å². The van der Waals surface area contributed by atoms with Crippen molar-refractivity contribution < 1.29 is 18.3 Å². The number of carbonyl (C=O) groups excluding carboxylic acids is 1. The van der Waals surface area contributed by atoms with E-state index in [0.717, 1.165) is 12.5 Å². The number of nitrogens with zero attached hydrogens (tertiary/aromatic N) is 2. The van der Waals surface area contributed by atoms with Gasteiger partial charge in [0.05, 0.1) is 24.8 Å². The van der Waals surface area contributed by atoms with E-state index >= 15 is 0 Å². The molecule has 0 aromatic heterocycles. The Morgan fingerprint density at radius 1 is 1.39 bits per heavy atom. The van der Waals surface area contributed by atoms with Gasteiger partial charge in [0.1, 0.15) is 11.6 Å². The number of nitrogens with one attached hydrogen (secondary N) is 2. The Hall–Kier alpha value is -1.65. The van der Waals surface area contributed by atoms with Gasteiger partial charge in [-0.15, -0.1) is 24.0 Å². The lowest BCUT2D eigenvalue weighted by molar-refractivity contribution is -0.147. The van der Waals surface area contributed by atoms with Gasteiger partial charge >= 0.3 is 5.97 Å². The van der Waals surface area contributed by atoms with Gasteiger partial charge in [0.15, 0.2) is 5.96 Å². The summed E-state index contributed by atoms with van der Waals surface area (Å²) in [5, 5.41) is 6.45. The lowest BCUT2D eigenvalue weighted by Gasteiger charge is -2.21. The highest BCUT2D eigenvalue weighted by atomic mass is 127. The van der Waals surface area contributed by atoms with Crippen LogP contribution in [0.3, 0.4) is 0 Å². The van der Waals surface area contributed by atoms with Gasteiger partial charge in [0.2, 0.25) is 0 Å². The molecule has 9 heteroatoms. The number of guanidine groups is 1. The third-order valence-electron chi connectivity index (χ3n) is 4.08. The van der Waals surface area contributed by atoms with Crippen molar-refractivity contribution in [1.82, 2.24) is 10.6 Å². The van der Waals surface area contributed by atoms with Crippen LogP contribution >= 0.6 is 24.0 Å². The highest BCUT2D eigenvalue weighted by Crippen LogP contribution is 2.24. The molecule has 0 amide bonds. The fourth-order valence-electron chi connectivity index (χ4n) is 2.93. The van der Waals surface area contributed by atoms with Gasteiger partial charge in [-0.1, -0.05) is 0 Å². The van der Waals surface area contributed by atoms with Gasteiger partial charge in [-0.25, -0.2) is 8.78 Å². The highest BCUT2D eigenvalue weighted by Gasteiger charge is 2.25. The molecule has 6 nitrogen and oxygen atoms in total. The second-order valence-corrected chi connectivity index (χ2v) is 6.72. The van der Waals surface area contributed by atoms with E-state index in [9.17, 15) is 13.6 Å². The third kappa shape index (κ3) is 7.76. The monoisotopic (exact) mass is 510 g/mol. The fourth-order valence-corrected chi connectivity index (χ4v) is 2.93. The average Bonchev–Trinajstić information content (AvgIpc) is 3.02. The largest absolute Gasteiger partial charge is 0.463 e. The molecule has 158 valence electrons. The number of rotatable bonds is 7. The summed E-state index contributed by atoms with van der Waals surface area (Å²) in [6.45, 7) is 7.84. The van der Waals surface area contributed by atoms with E-state index in [1.54, 1.807) is 0 Å². The van der Waals surface area contributed by atoms with Crippen LogP contribution in [0.5, 0.6) is 0 Å². The van der Waals surface area contributed by atoms with Crippen LogP contribution in [0.15, 0.2) is 23.2 Å². The molecule has 1 saturated heterocycles. The van der Waals surface area contributed by atoms with Crippen molar-refractivity contribution in [3.8, 4) is 0 Å². The Balaban J connectivity index is 0.00000392. The molecule has 2 N–H and O–H groups in total. The first kappa shape index (κ1) is 24.4. The molecule has 1 heterocycles. The van der Waals surface area contributed by atoms with Gasteiger partial charge in [-0.3, -0.25) is 9.79 Å². The minimum Gasteiger partial charge on any atom is -0.463 e. The first-order chi connectivity index (χ1) is 12.9. The Kier molecular flexibility index (Phi) is 10.5. The SMILES string of the molecule is CCNC(=NCCC(=O)OC(C)C)NC1CCN(c2ccc(F)cc2F)C1.I. The van der Waals surface area contributed by atoms with E-state index in [-0.39, 0.29) is 48.5 Å². The summed E-state index contributed by atoms with van der Waals surface area (Å²) in [4.78, 5) is 17.9. The van der Waals surface area contributed by atoms with E-state index in [1.807, 2.05) is 25.7 Å². The maximum Gasteiger partial charge on any atom is 0.307 e. The summed E-state index contributed by atoms with van der Waals surface area (Å²) in [5.41, 5.74) is 0.402. The van der Waals surface area contributed by atoms with Crippen molar-refractivity contribution >= 4 is 41.6 Å². The van der Waals surface area contributed by atoms with Gasteiger partial charge in [-0.2, -0.15) is 0 Å². The number of halogens is 3. The molecular formula is C19H29F2IN4O2. The van der Waals surface area contributed by atoms with Gasteiger partial charge in [-0.05, 0) is 39.3 Å². The number of carbonyl (C=O) groups is 1. The summed E-state index contributed by atoms with van der Waals surface area (Å²) in [7, 11) is 0. The van der Waals surface area contributed by atoms with E-state index < -0.39 is 11.6 Å². The second kappa shape index (κ2) is 12.0. The van der Waals surface area contributed by atoms with Crippen molar-refractivity contribution in [3.63, 3.8) is 0 Å². The molecule has 1 aromatic carbocycles. The molecule has 1 aromatic rings. The zero-order valence-electron chi connectivity index (χ0n) is 16.5. The second-order valence-electron chi connectivity index (χ2n) is 6.72. The number of hydrogen-bond donors (Lipinski definition) is 2. The van der Waals surface area contributed by atoms with Crippen molar-refractivity contribution in [2.75, 3.05) is 31.1 Å². The van der Waals surface area contributed by atoms with E-state index in [0.29, 0.717) is 37.8 Å². The summed E-state index contributed by atoms with van der Waals surface area (Å²) in [6.07, 6.45) is 0.882. The van der Waals surface area contributed by atoms with E-state index in [4.69, 9.17) is 4.74 Å². The Morgan fingerprint density at radius 2 is 2.14 bits per heavy atom. The Morgan fingerprint density at radius 3 is 2.79 bits per heavy atom. The van der Waals surface area contributed by atoms with Gasteiger partial charge in [0.25, 0.3) is 0 Å². The Bertz CT molecular complexity index is 673. The number of anilines is 1. The number of esters is 1. The molecule has 0 bridgehead atoms. The molecule has 2 rings (SSSR count). The van der Waals surface area contributed by atoms with Crippen molar-refractivity contribution in [1.29, 1.82) is 0 Å². The van der Waals surface area contributed by atoms with Gasteiger partial charge in [0, 0.05) is 31.7 Å². The highest BCUT2D eigenvalue weighted by molar-refractivity contribution is 14.0. The van der Waals surface area contributed by atoms with Crippen LogP contribution in [0, 0.1) is 11.6 Å². The van der Waals surface area contributed by atoms with Crippen LogP contribution in [-0.4, -0.2) is 50.3 Å². The van der Waals surface area contributed by atoms with Crippen LogP contribution < -0.4 is 15.5 Å².